The van der Waals surface area contributed by atoms with Crippen LogP contribution in [0.4, 0.5) is 4.39 Å². The fourth-order valence-corrected chi connectivity index (χ4v) is 2.54. The molecule has 20 heavy (non-hydrogen) atoms. The van der Waals surface area contributed by atoms with E-state index in [2.05, 4.69) is 10.3 Å². The standard InChI is InChI=1S/C15H17FN2OS/c1-11-18-14(10-20-11)7-8-17-15(19)6-5-12-3-2-4-13(16)9-12/h2-4,9-10H,5-8H2,1H3,(H,17,19). The monoisotopic (exact) mass is 292 g/mol. The summed E-state index contributed by atoms with van der Waals surface area (Å²) in [5, 5.41) is 5.90. The van der Waals surface area contributed by atoms with E-state index in [4.69, 9.17) is 0 Å². The lowest BCUT2D eigenvalue weighted by molar-refractivity contribution is -0.121. The second-order valence-corrected chi connectivity index (χ2v) is 5.65. The lowest BCUT2D eigenvalue weighted by atomic mass is 10.1. The molecule has 0 saturated heterocycles. The third kappa shape index (κ3) is 4.74. The zero-order valence-electron chi connectivity index (χ0n) is 11.4. The van der Waals surface area contributed by atoms with Gasteiger partial charge in [-0.05, 0) is 31.0 Å². The molecule has 0 atom stereocenters. The maximum Gasteiger partial charge on any atom is 0.220 e. The van der Waals surface area contributed by atoms with Gasteiger partial charge in [0.2, 0.25) is 5.91 Å². The molecule has 1 aromatic heterocycles. The summed E-state index contributed by atoms with van der Waals surface area (Å²) in [5.41, 5.74) is 1.85. The Bertz CT molecular complexity index is 583. The number of rotatable bonds is 6. The number of thiazole rings is 1. The summed E-state index contributed by atoms with van der Waals surface area (Å²) in [7, 11) is 0. The predicted octanol–water partition coefficient (Wildman–Crippen LogP) is 2.88. The van der Waals surface area contributed by atoms with Crippen LogP contribution < -0.4 is 5.32 Å². The number of nitrogens with zero attached hydrogens (tertiary/aromatic N) is 1. The van der Waals surface area contributed by atoms with Gasteiger partial charge in [0.25, 0.3) is 0 Å². The number of amides is 1. The fourth-order valence-electron chi connectivity index (χ4n) is 1.89. The molecule has 0 fully saturated rings. The number of hydrogen-bond donors (Lipinski definition) is 1. The lowest BCUT2D eigenvalue weighted by Gasteiger charge is -2.04. The van der Waals surface area contributed by atoms with Crippen LogP contribution in [0.5, 0.6) is 0 Å². The number of halogens is 1. The van der Waals surface area contributed by atoms with Gasteiger partial charge in [0.1, 0.15) is 5.82 Å². The second-order valence-electron chi connectivity index (χ2n) is 4.59. The van der Waals surface area contributed by atoms with Gasteiger partial charge in [-0.15, -0.1) is 11.3 Å². The summed E-state index contributed by atoms with van der Waals surface area (Å²) in [6.45, 7) is 2.55. The minimum atomic E-state index is -0.262. The van der Waals surface area contributed by atoms with E-state index in [1.54, 1.807) is 17.4 Å². The van der Waals surface area contributed by atoms with Gasteiger partial charge in [0, 0.05) is 24.8 Å². The van der Waals surface area contributed by atoms with E-state index in [1.807, 2.05) is 18.4 Å². The Morgan fingerprint density at radius 2 is 2.25 bits per heavy atom. The van der Waals surface area contributed by atoms with E-state index in [9.17, 15) is 9.18 Å². The minimum Gasteiger partial charge on any atom is -0.356 e. The first-order valence-electron chi connectivity index (χ1n) is 6.55. The van der Waals surface area contributed by atoms with Crippen molar-refractivity contribution in [1.29, 1.82) is 0 Å². The zero-order valence-corrected chi connectivity index (χ0v) is 12.2. The molecule has 0 saturated carbocycles. The summed E-state index contributed by atoms with van der Waals surface area (Å²) < 4.78 is 13.0. The Morgan fingerprint density at radius 1 is 1.40 bits per heavy atom. The highest BCUT2D eigenvalue weighted by Crippen LogP contribution is 2.08. The van der Waals surface area contributed by atoms with Crippen molar-refractivity contribution in [3.8, 4) is 0 Å². The van der Waals surface area contributed by atoms with Crippen LogP contribution in [0.3, 0.4) is 0 Å². The first kappa shape index (κ1) is 14.7. The average Bonchev–Trinajstić information content (AvgIpc) is 2.82. The van der Waals surface area contributed by atoms with Crippen LogP contribution in [-0.2, 0) is 17.6 Å². The molecule has 0 spiro atoms. The molecular formula is C15H17FN2OS. The number of benzene rings is 1. The van der Waals surface area contributed by atoms with Gasteiger partial charge < -0.3 is 5.32 Å². The second kappa shape index (κ2) is 7.14. The van der Waals surface area contributed by atoms with Crippen LogP contribution in [0.1, 0.15) is 22.7 Å². The van der Waals surface area contributed by atoms with Gasteiger partial charge >= 0.3 is 0 Å². The van der Waals surface area contributed by atoms with Crippen molar-refractivity contribution in [1.82, 2.24) is 10.3 Å². The molecule has 0 aliphatic heterocycles. The number of aromatic nitrogens is 1. The molecule has 1 N–H and O–H groups in total. The number of carbonyl (C=O) groups excluding carboxylic acids is 1. The fraction of sp³-hybridized carbons (Fsp3) is 0.333. The SMILES string of the molecule is Cc1nc(CCNC(=O)CCc2cccc(F)c2)cs1. The molecular weight excluding hydrogens is 275 g/mol. The van der Waals surface area contributed by atoms with Crippen molar-refractivity contribution < 1.29 is 9.18 Å². The number of aryl methyl sites for hydroxylation is 2. The molecule has 2 aromatic rings. The molecule has 1 aromatic carbocycles. The molecule has 3 nitrogen and oxygen atoms in total. The number of hydrogen-bond acceptors (Lipinski definition) is 3. The van der Waals surface area contributed by atoms with Crippen molar-refractivity contribution >= 4 is 17.2 Å². The molecule has 0 bridgehead atoms. The largest absolute Gasteiger partial charge is 0.356 e. The van der Waals surface area contributed by atoms with Crippen LogP contribution in [0, 0.1) is 12.7 Å². The summed E-state index contributed by atoms with van der Waals surface area (Å²) in [5.74, 6) is -0.275. The van der Waals surface area contributed by atoms with Crippen LogP contribution in [-0.4, -0.2) is 17.4 Å². The first-order chi connectivity index (χ1) is 9.63. The van der Waals surface area contributed by atoms with Crippen LogP contribution in [0.25, 0.3) is 0 Å². The maximum atomic E-state index is 13.0. The van der Waals surface area contributed by atoms with Gasteiger partial charge in [-0.3, -0.25) is 4.79 Å². The highest BCUT2D eigenvalue weighted by atomic mass is 32.1. The molecule has 0 unspecified atom stereocenters. The number of nitrogens with one attached hydrogen (secondary N) is 1. The number of carbonyl (C=O) groups is 1. The Labute approximate surface area is 121 Å². The van der Waals surface area contributed by atoms with Gasteiger partial charge in [-0.1, -0.05) is 12.1 Å². The molecule has 0 aliphatic carbocycles. The predicted molar refractivity (Wildman–Crippen MR) is 78.3 cm³/mol. The molecule has 0 aliphatic rings. The molecule has 1 heterocycles. The van der Waals surface area contributed by atoms with Crippen molar-refractivity contribution in [2.75, 3.05) is 6.54 Å². The van der Waals surface area contributed by atoms with E-state index in [1.165, 1.54) is 12.1 Å². The normalized spacial score (nSPS) is 10.5. The minimum absolute atomic E-state index is 0.0128. The quantitative estimate of drug-likeness (QED) is 0.889. The van der Waals surface area contributed by atoms with Crippen molar-refractivity contribution in [3.05, 3.63) is 51.7 Å². The summed E-state index contributed by atoms with van der Waals surface area (Å²) in [6, 6.07) is 6.35. The van der Waals surface area contributed by atoms with E-state index in [0.29, 0.717) is 19.4 Å². The Kier molecular flexibility index (Phi) is 5.24. The topological polar surface area (TPSA) is 42.0 Å². The van der Waals surface area contributed by atoms with Crippen molar-refractivity contribution in [2.45, 2.75) is 26.2 Å². The molecule has 2 rings (SSSR count). The average molecular weight is 292 g/mol. The Hall–Kier alpha value is -1.75. The summed E-state index contributed by atoms with van der Waals surface area (Å²) in [4.78, 5) is 16.0. The molecule has 106 valence electrons. The Balaban J connectivity index is 1.68. The van der Waals surface area contributed by atoms with E-state index < -0.39 is 0 Å². The van der Waals surface area contributed by atoms with E-state index in [-0.39, 0.29) is 11.7 Å². The first-order valence-corrected chi connectivity index (χ1v) is 7.43. The molecule has 1 amide bonds. The highest BCUT2D eigenvalue weighted by Gasteiger charge is 2.04. The van der Waals surface area contributed by atoms with Gasteiger partial charge in [-0.25, -0.2) is 9.37 Å². The van der Waals surface area contributed by atoms with Crippen LogP contribution in [0.15, 0.2) is 29.6 Å². The summed E-state index contributed by atoms with van der Waals surface area (Å²) >= 11 is 1.61. The summed E-state index contributed by atoms with van der Waals surface area (Å²) in [6.07, 6.45) is 1.68. The molecule has 0 radical (unpaired) electrons. The highest BCUT2D eigenvalue weighted by molar-refractivity contribution is 7.09. The zero-order chi connectivity index (χ0) is 14.4. The smallest absolute Gasteiger partial charge is 0.220 e. The van der Waals surface area contributed by atoms with Crippen molar-refractivity contribution in [3.63, 3.8) is 0 Å². The van der Waals surface area contributed by atoms with E-state index >= 15 is 0 Å². The van der Waals surface area contributed by atoms with Gasteiger partial charge in [-0.2, -0.15) is 0 Å². The van der Waals surface area contributed by atoms with E-state index in [0.717, 1.165) is 22.7 Å². The van der Waals surface area contributed by atoms with Gasteiger partial charge in [0.05, 0.1) is 10.7 Å². The Morgan fingerprint density at radius 3 is 2.95 bits per heavy atom. The van der Waals surface area contributed by atoms with Crippen LogP contribution in [0.2, 0.25) is 0 Å². The third-order valence-electron chi connectivity index (χ3n) is 2.90. The maximum absolute atomic E-state index is 13.0. The molecule has 5 heteroatoms. The lowest BCUT2D eigenvalue weighted by Crippen LogP contribution is -2.25. The third-order valence-corrected chi connectivity index (χ3v) is 3.72. The van der Waals surface area contributed by atoms with Gasteiger partial charge in [0.15, 0.2) is 0 Å². The van der Waals surface area contributed by atoms with Crippen LogP contribution >= 0.6 is 11.3 Å². The van der Waals surface area contributed by atoms with Crippen molar-refractivity contribution in [2.24, 2.45) is 0 Å².